The van der Waals surface area contributed by atoms with Crippen molar-refractivity contribution in [3.05, 3.63) is 68.7 Å². The quantitative estimate of drug-likeness (QED) is 0.578. The van der Waals surface area contributed by atoms with Crippen molar-refractivity contribution in [2.45, 2.75) is 11.7 Å². The first-order valence-electron chi connectivity index (χ1n) is 7.30. The highest BCUT2D eigenvalue weighted by Crippen LogP contribution is 2.27. The van der Waals surface area contributed by atoms with Crippen molar-refractivity contribution in [3.8, 4) is 0 Å². The van der Waals surface area contributed by atoms with Crippen molar-refractivity contribution in [2.75, 3.05) is 0 Å². The first-order valence-corrected chi connectivity index (χ1v) is 9.31. The molecule has 0 bridgehead atoms. The van der Waals surface area contributed by atoms with Crippen LogP contribution in [0.3, 0.4) is 0 Å². The van der Waals surface area contributed by atoms with Gasteiger partial charge in [0.05, 0.1) is 21.5 Å². The number of hydrogen-bond donors (Lipinski definition) is 1. The lowest BCUT2D eigenvalue weighted by molar-refractivity contribution is -0.118. The second-order valence-corrected chi connectivity index (χ2v) is 7.63. The number of thioether (sulfide) groups is 1. The van der Waals surface area contributed by atoms with Gasteiger partial charge in [-0.15, -0.1) is 5.10 Å². The van der Waals surface area contributed by atoms with Crippen LogP contribution in [0.4, 0.5) is 0 Å². The topological polar surface area (TPSA) is 53.8 Å². The zero-order valence-electron chi connectivity index (χ0n) is 12.7. The molecule has 1 amide bonds. The first kappa shape index (κ1) is 18.3. The fraction of sp³-hybridized carbons (Fsp3) is 0.118. The number of carbonyl (C=O) groups excluding carboxylic acids is 1. The number of nitrogens with one attached hydrogen (secondary N) is 1. The Morgan fingerprint density at radius 1 is 1.08 bits per heavy atom. The minimum absolute atomic E-state index is 0.109. The van der Waals surface area contributed by atoms with Crippen LogP contribution < -0.4 is 5.32 Å². The Bertz CT molecular complexity index is 870. The molecule has 0 spiro atoms. The molecule has 1 aliphatic heterocycles. The highest BCUT2D eigenvalue weighted by Gasteiger charge is 2.30. The maximum atomic E-state index is 12.1. The molecule has 2 aromatic carbocycles. The number of carbonyl (C=O) groups is 1. The molecule has 0 saturated carbocycles. The number of amides is 1. The molecular formula is C17H12Cl3N3OS. The average molecular weight is 413 g/mol. The van der Waals surface area contributed by atoms with Crippen molar-refractivity contribution >= 4 is 63.9 Å². The van der Waals surface area contributed by atoms with Gasteiger partial charge in [-0.2, -0.15) is 5.10 Å². The Kier molecular flexibility index (Phi) is 6.02. The van der Waals surface area contributed by atoms with Gasteiger partial charge in [0.25, 0.3) is 0 Å². The maximum Gasteiger partial charge on any atom is 0.239 e. The summed E-state index contributed by atoms with van der Waals surface area (Å²) >= 11 is 19.3. The van der Waals surface area contributed by atoms with Crippen LogP contribution in [0.25, 0.3) is 0 Å². The van der Waals surface area contributed by atoms with Gasteiger partial charge < -0.3 is 5.32 Å². The summed E-state index contributed by atoms with van der Waals surface area (Å²) in [5, 5.41) is 12.5. The van der Waals surface area contributed by atoms with Gasteiger partial charge in [0.2, 0.25) is 5.91 Å². The third-order valence-corrected chi connectivity index (χ3v) is 5.59. The van der Waals surface area contributed by atoms with Crippen LogP contribution in [0.1, 0.15) is 11.1 Å². The SMILES string of the molecule is O=C1N/C(=N/N=C/c2ccccc2Cl)SC1Cc1ccc(Cl)c(Cl)c1. The Labute approximate surface area is 164 Å². The van der Waals surface area contributed by atoms with Crippen molar-refractivity contribution in [1.29, 1.82) is 0 Å². The summed E-state index contributed by atoms with van der Waals surface area (Å²) in [6.45, 7) is 0. The molecule has 0 radical (unpaired) electrons. The van der Waals surface area contributed by atoms with E-state index in [4.69, 9.17) is 34.8 Å². The van der Waals surface area contributed by atoms with E-state index in [9.17, 15) is 4.79 Å². The predicted octanol–water partition coefficient (Wildman–Crippen LogP) is 4.81. The lowest BCUT2D eigenvalue weighted by Crippen LogP contribution is -2.25. The van der Waals surface area contributed by atoms with Crippen molar-refractivity contribution in [2.24, 2.45) is 10.2 Å². The molecule has 1 N–H and O–H groups in total. The molecule has 1 unspecified atom stereocenters. The molecule has 0 aliphatic carbocycles. The zero-order chi connectivity index (χ0) is 17.8. The second kappa shape index (κ2) is 8.23. The summed E-state index contributed by atoms with van der Waals surface area (Å²) in [6, 6.07) is 12.6. The van der Waals surface area contributed by atoms with Gasteiger partial charge >= 0.3 is 0 Å². The first-order chi connectivity index (χ1) is 12.0. The summed E-state index contributed by atoms with van der Waals surface area (Å²) in [5.41, 5.74) is 1.69. The van der Waals surface area contributed by atoms with E-state index in [0.29, 0.717) is 26.7 Å². The third-order valence-electron chi connectivity index (χ3n) is 3.43. The molecule has 25 heavy (non-hydrogen) atoms. The van der Waals surface area contributed by atoms with Crippen LogP contribution in [0, 0.1) is 0 Å². The van der Waals surface area contributed by atoms with E-state index in [1.165, 1.54) is 11.8 Å². The number of rotatable bonds is 4. The van der Waals surface area contributed by atoms with E-state index in [2.05, 4.69) is 15.5 Å². The standard InChI is InChI=1S/C17H12Cl3N3OS/c18-12-4-2-1-3-11(12)9-21-23-17-22-16(24)15(25-17)8-10-5-6-13(19)14(20)7-10/h1-7,9,15H,8H2,(H,22,23,24)/b21-9+. The smallest absolute Gasteiger partial charge is 0.239 e. The summed E-state index contributed by atoms with van der Waals surface area (Å²) in [7, 11) is 0. The van der Waals surface area contributed by atoms with E-state index in [1.807, 2.05) is 24.3 Å². The van der Waals surface area contributed by atoms with Gasteiger partial charge in [-0.1, -0.05) is 70.8 Å². The van der Waals surface area contributed by atoms with Gasteiger partial charge in [0, 0.05) is 10.6 Å². The lowest BCUT2D eigenvalue weighted by atomic mass is 10.1. The predicted molar refractivity (Wildman–Crippen MR) is 106 cm³/mol. The van der Waals surface area contributed by atoms with E-state index in [1.54, 1.807) is 24.4 Å². The third kappa shape index (κ3) is 4.76. The van der Waals surface area contributed by atoms with E-state index < -0.39 is 0 Å². The fourth-order valence-electron chi connectivity index (χ4n) is 2.19. The molecule has 2 aromatic rings. The summed E-state index contributed by atoms with van der Waals surface area (Å²) in [6.07, 6.45) is 2.08. The molecule has 1 aliphatic rings. The molecule has 128 valence electrons. The van der Waals surface area contributed by atoms with Crippen LogP contribution in [-0.4, -0.2) is 22.5 Å². The molecule has 4 nitrogen and oxygen atoms in total. The number of halogens is 3. The van der Waals surface area contributed by atoms with Crippen LogP contribution in [0.5, 0.6) is 0 Å². The molecule has 3 rings (SSSR count). The van der Waals surface area contributed by atoms with E-state index in [-0.39, 0.29) is 11.2 Å². The largest absolute Gasteiger partial charge is 0.303 e. The molecule has 1 saturated heterocycles. The average Bonchev–Trinajstić information content (AvgIpc) is 2.92. The number of hydrogen-bond acceptors (Lipinski definition) is 4. The van der Waals surface area contributed by atoms with Crippen molar-refractivity contribution in [3.63, 3.8) is 0 Å². The molecule has 1 heterocycles. The van der Waals surface area contributed by atoms with Crippen molar-refractivity contribution in [1.82, 2.24) is 5.32 Å². The lowest BCUT2D eigenvalue weighted by Gasteiger charge is -2.06. The van der Waals surface area contributed by atoms with E-state index in [0.717, 1.165) is 11.1 Å². The fourth-order valence-corrected chi connectivity index (χ4v) is 3.66. The highest BCUT2D eigenvalue weighted by molar-refractivity contribution is 8.15. The summed E-state index contributed by atoms with van der Waals surface area (Å²) in [4.78, 5) is 12.1. The van der Waals surface area contributed by atoms with Crippen LogP contribution in [0.15, 0.2) is 52.7 Å². The van der Waals surface area contributed by atoms with Gasteiger partial charge in [-0.05, 0) is 30.2 Å². The van der Waals surface area contributed by atoms with Gasteiger partial charge in [-0.25, -0.2) is 0 Å². The minimum atomic E-state index is -0.286. The zero-order valence-corrected chi connectivity index (χ0v) is 15.8. The van der Waals surface area contributed by atoms with E-state index >= 15 is 0 Å². The maximum absolute atomic E-state index is 12.1. The molecule has 1 atom stereocenters. The second-order valence-electron chi connectivity index (χ2n) is 5.22. The highest BCUT2D eigenvalue weighted by atomic mass is 35.5. The number of nitrogens with zero attached hydrogens (tertiary/aromatic N) is 2. The van der Waals surface area contributed by atoms with Crippen LogP contribution in [-0.2, 0) is 11.2 Å². The molecule has 8 heteroatoms. The Balaban J connectivity index is 1.65. The molecule has 1 fully saturated rings. The number of amidine groups is 1. The summed E-state index contributed by atoms with van der Waals surface area (Å²) < 4.78 is 0. The monoisotopic (exact) mass is 411 g/mol. The number of benzene rings is 2. The molecule has 0 aromatic heterocycles. The van der Waals surface area contributed by atoms with Gasteiger partial charge in [0.15, 0.2) is 5.17 Å². The van der Waals surface area contributed by atoms with Crippen LogP contribution >= 0.6 is 46.6 Å². The Morgan fingerprint density at radius 2 is 1.88 bits per heavy atom. The minimum Gasteiger partial charge on any atom is -0.303 e. The van der Waals surface area contributed by atoms with Gasteiger partial charge in [0.1, 0.15) is 0 Å². The Morgan fingerprint density at radius 3 is 2.64 bits per heavy atom. The molecular weight excluding hydrogens is 401 g/mol. The van der Waals surface area contributed by atoms with Crippen molar-refractivity contribution < 1.29 is 4.79 Å². The Hall–Kier alpha value is -1.53. The van der Waals surface area contributed by atoms with Crippen LogP contribution in [0.2, 0.25) is 15.1 Å². The normalized spacial score (nSPS) is 18.9. The summed E-state index contributed by atoms with van der Waals surface area (Å²) in [5.74, 6) is -0.109. The van der Waals surface area contributed by atoms with Gasteiger partial charge in [-0.3, -0.25) is 4.79 Å².